The molecule has 0 aliphatic carbocycles. The normalized spacial score (nSPS) is 20.0. The van der Waals surface area contributed by atoms with E-state index in [0.717, 1.165) is 62.6 Å². The lowest BCUT2D eigenvalue weighted by Gasteiger charge is -2.41. The summed E-state index contributed by atoms with van der Waals surface area (Å²) in [6.45, 7) is 7.12. The van der Waals surface area contributed by atoms with Gasteiger partial charge in [0.05, 0.1) is 36.8 Å². The van der Waals surface area contributed by atoms with Crippen molar-refractivity contribution >= 4 is 40.1 Å². The number of carbonyl (C=O) groups excluding carboxylic acids is 4. The SMILES string of the molecule is CCOc1cc(C(CS(C)=O)N2C(=O)c3ccc(N4CCC(C5CCN(Cc6ccc(Oc7ccc(C8CCC(=O)NC8=O)cc7)cc6)CC5)CC4)cc3C2=O)ccc1OC. The van der Waals surface area contributed by atoms with Gasteiger partial charge >= 0.3 is 0 Å². The van der Waals surface area contributed by atoms with E-state index in [9.17, 15) is 23.4 Å². The van der Waals surface area contributed by atoms with Gasteiger partial charge in [-0.3, -0.25) is 38.5 Å². The maximum atomic E-state index is 14.0. The Balaban J connectivity index is 0.816. The zero-order valence-corrected chi connectivity index (χ0v) is 35.9. The summed E-state index contributed by atoms with van der Waals surface area (Å²) in [6.07, 6.45) is 6.99. The Morgan fingerprint density at radius 1 is 0.754 bits per heavy atom. The Bertz CT molecular complexity index is 2280. The van der Waals surface area contributed by atoms with Crippen LogP contribution in [-0.4, -0.2) is 89.5 Å². The highest BCUT2D eigenvalue weighted by atomic mass is 32.2. The number of fused-ring (bicyclic) bond motifs is 1. The largest absolute Gasteiger partial charge is 0.493 e. The molecule has 0 saturated carbocycles. The van der Waals surface area contributed by atoms with Crippen LogP contribution in [0.2, 0.25) is 0 Å². The molecule has 4 aromatic carbocycles. The second kappa shape index (κ2) is 18.6. The molecule has 12 nitrogen and oxygen atoms in total. The van der Waals surface area contributed by atoms with E-state index in [4.69, 9.17) is 14.2 Å². The van der Waals surface area contributed by atoms with Crippen molar-refractivity contribution in [3.05, 3.63) is 113 Å². The summed E-state index contributed by atoms with van der Waals surface area (Å²) in [4.78, 5) is 57.7. The standard InChI is InChI=1S/C48H54N4O8S/c1-4-59-44-27-35(9-17-43(44)58-2)42(30-61(3)57)52-47(55)40-15-10-36(28-41(40)48(52)56)51-25-21-33(22-26-51)32-19-23-50(24-20-32)29-31-5-11-37(12-6-31)60-38-13-7-34(8-14-38)39-16-18-45(53)49-46(39)54/h5-15,17,27-28,32-33,39,42H,4,16,18-26,29-30H2,1-3H3,(H,49,53,54). The zero-order valence-electron chi connectivity index (χ0n) is 35.1. The number of nitrogens with zero attached hydrogens (tertiary/aromatic N) is 3. The van der Waals surface area contributed by atoms with Crippen LogP contribution >= 0.6 is 0 Å². The van der Waals surface area contributed by atoms with Crippen molar-refractivity contribution in [3.63, 3.8) is 0 Å². The number of ether oxygens (including phenoxy) is 3. The molecule has 0 aromatic heterocycles. The van der Waals surface area contributed by atoms with Crippen molar-refractivity contribution in [2.24, 2.45) is 11.8 Å². The summed E-state index contributed by atoms with van der Waals surface area (Å²) < 4.78 is 29.9. The van der Waals surface area contributed by atoms with Crippen LogP contribution < -0.4 is 24.4 Å². The molecular weight excluding hydrogens is 793 g/mol. The number of nitrogens with one attached hydrogen (secondary N) is 1. The van der Waals surface area contributed by atoms with Crippen LogP contribution in [0, 0.1) is 11.8 Å². The number of anilines is 1. The summed E-state index contributed by atoms with van der Waals surface area (Å²) in [7, 11) is 0.272. The highest BCUT2D eigenvalue weighted by Gasteiger charge is 2.42. The summed E-state index contributed by atoms with van der Waals surface area (Å²) in [5.41, 5.74) is 4.51. The molecule has 3 fully saturated rings. The first-order chi connectivity index (χ1) is 29.6. The molecule has 4 amide bonds. The minimum Gasteiger partial charge on any atom is -0.493 e. The minimum absolute atomic E-state index is 0.111. The molecule has 4 aliphatic rings. The summed E-state index contributed by atoms with van der Waals surface area (Å²) in [6, 6.07) is 26.0. The molecule has 4 aliphatic heterocycles. The number of carbonyl (C=O) groups is 4. The van der Waals surface area contributed by atoms with Crippen molar-refractivity contribution in [2.75, 3.05) is 56.8 Å². The Kier molecular flexibility index (Phi) is 12.9. The Hall–Kier alpha value is -5.53. The topological polar surface area (TPSA) is 135 Å². The highest BCUT2D eigenvalue weighted by Crippen LogP contribution is 2.39. The molecule has 4 aromatic rings. The van der Waals surface area contributed by atoms with Crippen molar-refractivity contribution in [3.8, 4) is 23.0 Å². The lowest BCUT2D eigenvalue weighted by molar-refractivity contribution is -0.134. The van der Waals surface area contributed by atoms with Crippen LogP contribution in [0.15, 0.2) is 84.9 Å². The first kappa shape index (κ1) is 42.2. The molecule has 3 saturated heterocycles. The van der Waals surface area contributed by atoms with Gasteiger partial charge in [0.1, 0.15) is 11.5 Å². The monoisotopic (exact) mass is 846 g/mol. The molecule has 0 radical (unpaired) electrons. The van der Waals surface area contributed by atoms with E-state index in [1.54, 1.807) is 37.6 Å². The number of likely N-dealkylation sites (tertiary alicyclic amines) is 1. The zero-order chi connectivity index (χ0) is 42.6. The van der Waals surface area contributed by atoms with E-state index < -0.39 is 16.8 Å². The van der Waals surface area contributed by atoms with Gasteiger partial charge in [0.2, 0.25) is 11.8 Å². The molecule has 8 rings (SSSR count). The van der Waals surface area contributed by atoms with Crippen LogP contribution in [0.3, 0.4) is 0 Å². The number of methoxy groups -OCH3 is 1. The van der Waals surface area contributed by atoms with Gasteiger partial charge in [-0.05, 0) is 135 Å². The maximum Gasteiger partial charge on any atom is 0.262 e. The van der Waals surface area contributed by atoms with Crippen LogP contribution in [0.1, 0.15) is 94.8 Å². The van der Waals surface area contributed by atoms with Gasteiger partial charge < -0.3 is 19.1 Å². The molecular formula is C48H54N4O8S. The number of piperidine rings is 3. The molecule has 4 heterocycles. The second-order valence-corrected chi connectivity index (χ2v) is 18.0. The van der Waals surface area contributed by atoms with E-state index >= 15 is 0 Å². The Morgan fingerprint density at radius 2 is 1.41 bits per heavy atom. The first-order valence-electron chi connectivity index (χ1n) is 21.4. The molecule has 0 bridgehead atoms. The Morgan fingerprint density at radius 3 is 2.05 bits per heavy atom. The number of hydrogen-bond acceptors (Lipinski definition) is 10. The fraction of sp³-hybridized carbons (Fsp3) is 0.417. The number of benzene rings is 4. The van der Waals surface area contributed by atoms with Crippen molar-refractivity contribution in [1.82, 2.24) is 15.1 Å². The van der Waals surface area contributed by atoms with E-state index in [1.807, 2.05) is 55.5 Å². The number of amides is 4. The van der Waals surface area contributed by atoms with Crippen LogP contribution in [0.4, 0.5) is 5.69 Å². The van der Waals surface area contributed by atoms with Gasteiger partial charge in [-0.1, -0.05) is 30.3 Å². The first-order valence-corrected chi connectivity index (χ1v) is 23.1. The molecule has 61 heavy (non-hydrogen) atoms. The molecule has 1 N–H and O–H groups in total. The van der Waals surface area contributed by atoms with E-state index in [-0.39, 0.29) is 35.3 Å². The third-order valence-electron chi connectivity index (χ3n) is 12.8. The molecule has 3 atom stereocenters. The number of rotatable bonds is 14. The number of hydrogen-bond donors (Lipinski definition) is 1. The lowest BCUT2D eigenvalue weighted by Crippen LogP contribution is -2.40. The third kappa shape index (κ3) is 9.38. The van der Waals surface area contributed by atoms with Crippen LogP contribution in [0.25, 0.3) is 0 Å². The predicted molar refractivity (Wildman–Crippen MR) is 234 cm³/mol. The van der Waals surface area contributed by atoms with Gasteiger partial charge in [0, 0.05) is 54.6 Å². The van der Waals surface area contributed by atoms with Gasteiger partial charge in [-0.15, -0.1) is 0 Å². The minimum atomic E-state index is -1.29. The van der Waals surface area contributed by atoms with Crippen molar-refractivity contribution < 1.29 is 37.6 Å². The van der Waals surface area contributed by atoms with E-state index in [0.29, 0.717) is 65.2 Å². The smallest absolute Gasteiger partial charge is 0.262 e. The third-order valence-corrected chi connectivity index (χ3v) is 13.6. The highest BCUT2D eigenvalue weighted by molar-refractivity contribution is 7.84. The molecule has 3 unspecified atom stereocenters. The van der Waals surface area contributed by atoms with Gasteiger partial charge in [-0.25, -0.2) is 0 Å². The summed E-state index contributed by atoms with van der Waals surface area (Å²) in [5, 5.41) is 2.42. The fourth-order valence-corrected chi connectivity index (χ4v) is 10.3. The molecule has 13 heteroatoms. The molecule has 0 spiro atoms. The summed E-state index contributed by atoms with van der Waals surface area (Å²) >= 11 is 0. The van der Waals surface area contributed by atoms with Crippen molar-refractivity contribution in [2.45, 2.75) is 64.0 Å². The van der Waals surface area contributed by atoms with Crippen molar-refractivity contribution in [1.29, 1.82) is 0 Å². The average molecular weight is 847 g/mol. The number of imide groups is 2. The van der Waals surface area contributed by atoms with Crippen LogP contribution in [0.5, 0.6) is 23.0 Å². The predicted octanol–water partition coefficient (Wildman–Crippen LogP) is 7.25. The van der Waals surface area contributed by atoms with E-state index in [2.05, 4.69) is 27.2 Å². The quantitative estimate of drug-likeness (QED) is 0.129. The fourth-order valence-electron chi connectivity index (χ4n) is 9.49. The second-order valence-electron chi connectivity index (χ2n) is 16.6. The maximum absolute atomic E-state index is 14.0. The van der Waals surface area contributed by atoms with Gasteiger partial charge in [0.15, 0.2) is 11.5 Å². The van der Waals surface area contributed by atoms with Gasteiger partial charge in [-0.2, -0.15) is 0 Å². The van der Waals surface area contributed by atoms with Gasteiger partial charge in [0.25, 0.3) is 11.8 Å². The Labute approximate surface area is 360 Å². The molecule has 320 valence electrons. The van der Waals surface area contributed by atoms with Crippen LogP contribution in [-0.2, 0) is 26.9 Å². The van der Waals surface area contributed by atoms with E-state index in [1.165, 1.54) is 23.3 Å². The lowest BCUT2D eigenvalue weighted by atomic mass is 9.78. The average Bonchev–Trinajstić information content (AvgIpc) is 3.52. The summed E-state index contributed by atoms with van der Waals surface area (Å²) in [5.74, 6) is 2.45.